The fourth-order valence-electron chi connectivity index (χ4n) is 4.26. The normalized spacial score (nSPS) is 13.7. The second-order valence-electron chi connectivity index (χ2n) is 8.46. The van der Waals surface area contributed by atoms with Crippen molar-refractivity contribution in [1.29, 1.82) is 0 Å². The predicted molar refractivity (Wildman–Crippen MR) is 126 cm³/mol. The maximum Gasteiger partial charge on any atom is 0.330 e. The van der Waals surface area contributed by atoms with Crippen LogP contribution in [0, 0.1) is 5.92 Å². The Bertz CT molecular complexity index is 1070. The molecule has 1 saturated carbocycles. The van der Waals surface area contributed by atoms with Crippen molar-refractivity contribution in [2.45, 2.75) is 58.4 Å². The lowest BCUT2D eigenvalue weighted by atomic mass is 10.0. The van der Waals surface area contributed by atoms with Crippen LogP contribution in [0.1, 0.15) is 57.4 Å². The van der Waals surface area contributed by atoms with Gasteiger partial charge in [-0.25, -0.2) is 4.79 Å². The van der Waals surface area contributed by atoms with Crippen molar-refractivity contribution < 1.29 is 14.3 Å². The Morgan fingerprint density at radius 3 is 2.55 bits per heavy atom. The number of nitrogens with two attached hydrogens (primary N) is 1. The van der Waals surface area contributed by atoms with Crippen LogP contribution in [0.5, 0.6) is 0 Å². The topological polar surface area (TPSA) is 127 Å². The largest absolute Gasteiger partial charge is 0.456 e. The van der Waals surface area contributed by atoms with Gasteiger partial charge in [0.1, 0.15) is 5.82 Å². The van der Waals surface area contributed by atoms with E-state index in [4.69, 9.17) is 10.5 Å². The minimum atomic E-state index is -0.754. The van der Waals surface area contributed by atoms with Crippen LogP contribution >= 0.6 is 0 Å². The summed E-state index contributed by atoms with van der Waals surface area (Å²) in [5.41, 5.74) is 5.51. The van der Waals surface area contributed by atoms with E-state index in [-0.39, 0.29) is 31.0 Å². The second kappa shape index (κ2) is 11.5. The molecule has 1 fully saturated rings. The summed E-state index contributed by atoms with van der Waals surface area (Å²) in [6.45, 7) is 1.69. The highest BCUT2D eigenvalue weighted by atomic mass is 16.5. The highest BCUT2D eigenvalue weighted by Crippen LogP contribution is 2.28. The molecule has 0 radical (unpaired) electrons. The number of nitrogens with zero attached hydrogens (tertiary/aromatic N) is 2. The van der Waals surface area contributed by atoms with Gasteiger partial charge in [-0.3, -0.25) is 23.9 Å². The fourth-order valence-corrected chi connectivity index (χ4v) is 4.26. The Kier molecular flexibility index (Phi) is 8.46. The minimum Gasteiger partial charge on any atom is -0.456 e. The van der Waals surface area contributed by atoms with Gasteiger partial charge in [-0.2, -0.15) is 0 Å². The molecule has 0 atom stereocenters. The number of amides is 1. The van der Waals surface area contributed by atoms with E-state index in [1.165, 1.54) is 22.3 Å². The van der Waals surface area contributed by atoms with Crippen molar-refractivity contribution >= 4 is 23.4 Å². The number of nitrogen functional groups attached to an aromatic ring is 1. The number of hydrogen-bond acceptors (Lipinski definition) is 6. The first kappa shape index (κ1) is 24.3. The molecule has 0 aliphatic heterocycles. The van der Waals surface area contributed by atoms with Gasteiger partial charge in [0.05, 0.1) is 6.54 Å². The number of ether oxygens (including phenoxy) is 1. The molecule has 0 spiro atoms. The fraction of sp³-hybridized carbons (Fsp3) is 0.500. The molecule has 33 heavy (non-hydrogen) atoms. The van der Waals surface area contributed by atoms with Crippen molar-refractivity contribution in [2.24, 2.45) is 5.92 Å². The average Bonchev–Trinajstić information content (AvgIpc) is 3.32. The van der Waals surface area contributed by atoms with E-state index in [0.29, 0.717) is 12.3 Å². The van der Waals surface area contributed by atoms with Crippen LogP contribution in [0.2, 0.25) is 0 Å². The Labute approximate surface area is 192 Å². The number of H-pyrrole nitrogens is 1. The number of aromatic amines is 1. The lowest BCUT2D eigenvalue weighted by Gasteiger charge is -2.24. The number of anilines is 2. The number of rotatable bonds is 10. The van der Waals surface area contributed by atoms with Crippen molar-refractivity contribution in [3.05, 3.63) is 56.7 Å². The van der Waals surface area contributed by atoms with Crippen LogP contribution in [0.15, 0.2) is 39.9 Å². The van der Waals surface area contributed by atoms with Gasteiger partial charge in [-0.05, 0) is 24.3 Å². The first-order valence-electron chi connectivity index (χ1n) is 11.5. The van der Waals surface area contributed by atoms with Gasteiger partial charge in [0.15, 0.2) is 12.3 Å². The smallest absolute Gasteiger partial charge is 0.330 e. The summed E-state index contributed by atoms with van der Waals surface area (Å²) in [5.74, 6) is -0.549. The molecular formula is C24H32N4O5. The van der Waals surface area contributed by atoms with Gasteiger partial charge in [-0.15, -0.1) is 0 Å². The van der Waals surface area contributed by atoms with Gasteiger partial charge in [0.25, 0.3) is 11.5 Å². The molecule has 9 nitrogen and oxygen atoms in total. The number of benzene rings is 1. The molecule has 1 aromatic heterocycles. The average molecular weight is 457 g/mol. The molecule has 3 N–H and O–H groups in total. The summed E-state index contributed by atoms with van der Waals surface area (Å²) in [6, 6.07) is 9.17. The molecule has 1 aliphatic carbocycles. The summed E-state index contributed by atoms with van der Waals surface area (Å²) in [6.07, 6.45) is 6.25. The van der Waals surface area contributed by atoms with Crippen molar-refractivity contribution in [3.8, 4) is 0 Å². The SMILES string of the molecule is CCCN(C(=O)COC(=O)CCC1CCCC1)c1c(N)n(Cc2ccccc2)c(=O)[nH]c1=O. The monoisotopic (exact) mass is 456 g/mol. The van der Waals surface area contributed by atoms with Gasteiger partial charge >= 0.3 is 11.7 Å². The molecule has 1 aliphatic rings. The molecule has 1 heterocycles. The summed E-state index contributed by atoms with van der Waals surface area (Å²) in [5, 5.41) is 0. The van der Waals surface area contributed by atoms with Crippen LogP contribution < -0.4 is 21.9 Å². The molecule has 0 saturated heterocycles. The van der Waals surface area contributed by atoms with Crippen molar-refractivity contribution in [1.82, 2.24) is 9.55 Å². The van der Waals surface area contributed by atoms with Gasteiger partial charge < -0.3 is 15.4 Å². The Morgan fingerprint density at radius 2 is 1.88 bits per heavy atom. The third kappa shape index (κ3) is 6.34. The van der Waals surface area contributed by atoms with Crippen LogP contribution in [0.25, 0.3) is 0 Å². The summed E-state index contributed by atoms with van der Waals surface area (Å²) < 4.78 is 6.41. The Hall–Kier alpha value is -3.36. The first-order chi connectivity index (χ1) is 15.9. The third-order valence-electron chi connectivity index (χ3n) is 6.00. The van der Waals surface area contributed by atoms with E-state index in [2.05, 4.69) is 4.98 Å². The van der Waals surface area contributed by atoms with Crippen LogP contribution in [0.4, 0.5) is 11.5 Å². The molecule has 1 aromatic carbocycles. The minimum absolute atomic E-state index is 0.109. The zero-order valence-corrected chi connectivity index (χ0v) is 19.0. The van der Waals surface area contributed by atoms with Crippen LogP contribution in [-0.4, -0.2) is 34.6 Å². The standard InChI is InChI=1S/C24H32N4O5/c1-2-14-27(19(29)16-33-20(30)13-12-17-8-6-7-9-17)21-22(25)28(24(32)26-23(21)31)15-18-10-4-3-5-11-18/h3-5,10-11,17H,2,6-9,12-16,25H2,1H3,(H,26,31,32). The van der Waals surface area contributed by atoms with Gasteiger partial charge in [0.2, 0.25) is 0 Å². The molecule has 0 unspecified atom stereocenters. The van der Waals surface area contributed by atoms with Crippen molar-refractivity contribution in [2.75, 3.05) is 23.8 Å². The zero-order valence-electron chi connectivity index (χ0n) is 19.0. The highest BCUT2D eigenvalue weighted by molar-refractivity contribution is 5.97. The zero-order chi connectivity index (χ0) is 23.8. The van der Waals surface area contributed by atoms with Crippen molar-refractivity contribution in [3.63, 3.8) is 0 Å². The number of esters is 1. The molecule has 3 rings (SSSR count). The summed E-state index contributed by atoms with van der Waals surface area (Å²) >= 11 is 0. The van der Waals surface area contributed by atoms with Gasteiger partial charge in [-0.1, -0.05) is 62.9 Å². The lowest BCUT2D eigenvalue weighted by Crippen LogP contribution is -2.43. The molecule has 9 heteroatoms. The summed E-state index contributed by atoms with van der Waals surface area (Å²) in [7, 11) is 0. The number of carbonyl (C=O) groups is 2. The Morgan fingerprint density at radius 1 is 1.18 bits per heavy atom. The van der Waals surface area contributed by atoms with Crippen LogP contribution in [-0.2, 0) is 20.9 Å². The van der Waals surface area contributed by atoms with Crippen LogP contribution in [0.3, 0.4) is 0 Å². The van der Waals surface area contributed by atoms with E-state index < -0.39 is 29.7 Å². The lowest BCUT2D eigenvalue weighted by molar-refractivity contribution is -0.148. The van der Waals surface area contributed by atoms with E-state index in [0.717, 1.165) is 24.8 Å². The second-order valence-corrected chi connectivity index (χ2v) is 8.46. The Balaban J connectivity index is 1.75. The predicted octanol–water partition coefficient (Wildman–Crippen LogP) is 2.42. The molecule has 2 aromatic rings. The van der Waals surface area contributed by atoms with Gasteiger partial charge in [0, 0.05) is 13.0 Å². The molecular weight excluding hydrogens is 424 g/mol. The van der Waals surface area contributed by atoms with E-state index in [9.17, 15) is 19.2 Å². The van der Waals surface area contributed by atoms with E-state index in [1.807, 2.05) is 37.3 Å². The van der Waals surface area contributed by atoms with E-state index in [1.54, 1.807) is 0 Å². The molecule has 0 bridgehead atoms. The molecule has 178 valence electrons. The summed E-state index contributed by atoms with van der Waals surface area (Å²) in [4.78, 5) is 53.5. The first-order valence-corrected chi connectivity index (χ1v) is 11.5. The number of nitrogens with one attached hydrogen (secondary N) is 1. The number of carbonyl (C=O) groups excluding carboxylic acids is 2. The van der Waals surface area contributed by atoms with E-state index >= 15 is 0 Å². The molecule has 1 amide bonds. The number of aromatic nitrogens is 2. The maximum atomic E-state index is 12.9. The highest BCUT2D eigenvalue weighted by Gasteiger charge is 2.25. The number of hydrogen-bond donors (Lipinski definition) is 2. The third-order valence-corrected chi connectivity index (χ3v) is 6.00. The quantitative estimate of drug-likeness (QED) is 0.529. The maximum absolute atomic E-state index is 12.9.